The third-order valence-corrected chi connectivity index (χ3v) is 5.66. The smallest absolute Gasteiger partial charge is 0.241 e. The molecule has 1 saturated heterocycles. The maximum atomic E-state index is 13.5. The summed E-state index contributed by atoms with van der Waals surface area (Å²) < 4.78 is 19.0. The first kappa shape index (κ1) is 20.2. The fourth-order valence-electron chi connectivity index (χ4n) is 3.82. The Kier molecular flexibility index (Phi) is 5.90. The summed E-state index contributed by atoms with van der Waals surface area (Å²) in [6.07, 6.45) is 1.84. The minimum atomic E-state index is -0.337. The van der Waals surface area contributed by atoms with Crippen LogP contribution in [0.5, 0.6) is 0 Å². The largest absolute Gasteiger partial charge is 0.339 e. The summed E-state index contributed by atoms with van der Waals surface area (Å²) in [5, 5.41) is 7.05. The lowest BCUT2D eigenvalue weighted by atomic mass is 9.96. The summed E-state index contributed by atoms with van der Waals surface area (Å²) in [5.41, 5.74) is 2.45. The maximum absolute atomic E-state index is 13.5. The Hall–Kier alpha value is -3.06. The number of rotatable bonds is 5. The highest BCUT2D eigenvalue weighted by atomic mass is 19.1. The molecule has 1 aliphatic heterocycles. The molecule has 2 atom stereocenters. The quantitative estimate of drug-likeness (QED) is 0.678. The minimum Gasteiger partial charge on any atom is -0.339 e. The van der Waals surface area contributed by atoms with E-state index in [1.807, 2.05) is 38.1 Å². The number of nitrogens with one attached hydrogen (secondary N) is 1. The summed E-state index contributed by atoms with van der Waals surface area (Å²) in [5.74, 6) is 0.590. The lowest BCUT2D eigenvalue weighted by molar-refractivity contribution is -0.121. The van der Waals surface area contributed by atoms with Gasteiger partial charge in [0.25, 0.3) is 0 Å². The van der Waals surface area contributed by atoms with Crippen LogP contribution in [-0.4, -0.2) is 40.1 Å². The number of amides is 1. The number of nitrogens with zero attached hydrogens (tertiary/aromatic N) is 3. The van der Waals surface area contributed by atoms with Gasteiger partial charge in [-0.05, 0) is 57.0 Å². The normalized spacial score (nSPS) is 18.2. The molecule has 1 aromatic heterocycles. The topological polar surface area (TPSA) is 71.3 Å². The number of benzene rings is 2. The second-order valence-electron chi connectivity index (χ2n) is 7.78. The van der Waals surface area contributed by atoms with Crippen LogP contribution in [0.3, 0.4) is 0 Å². The molecule has 0 saturated carbocycles. The van der Waals surface area contributed by atoms with Gasteiger partial charge in [-0.1, -0.05) is 35.5 Å². The van der Waals surface area contributed by atoms with Crippen molar-refractivity contribution in [3.8, 4) is 11.4 Å². The highest BCUT2D eigenvalue weighted by Gasteiger charge is 2.31. The number of likely N-dealkylation sites (tertiary alicyclic amines) is 1. The zero-order valence-corrected chi connectivity index (χ0v) is 17.1. The molecule has 0 spiro atoms. The van der Waals surface area contributed by atoms with Crippen molar-refractivity contribution in [1.29, 1.82) is 0 Å². The molecule has 1 aliphatic rings. The van der Waals surface area contributed by atoms with Crippen molar-refractivity contribution >= 4 is 11.6 Å². The van der Waals surface area contributed by atoms with E-state index in [-0.39, 0.29) is 23.7 Å². The molecular formula is C23H25FN4O2. The van der Waals surface area contributed by atoms with E-state index in [2.05, 4.69) is 20.4 Å². The lowest BCUT2D eigenvalue weighted by Crippen LogP contribution is -2.46. The summed E-state index contributed by atoms with van der Waals surface area (Å²) in [4.78, 5) is 19.4. The summed E-state index contributed by atoms with van der Waals surface area (Å²) >= 11 is 0. The molecule has 6 nitrogen and oxygen atoms in total. The first-order valence-corrected chi connectivity index (χ1v) is 10.2. The van der Waals surface area contributed by atoms with Crippen LogP contribution < -0.4 is 5.32 Å². The molecule has 1 N–H and O–H groups in total. The first-order chi connectivity index (χ1) is 14.5. The lowest BCUT2D eigenvalue weighted by Gasteiger charge is -2.34. The Bertz CT molecular complexity index is 1040. The average Bonchev–Trinajstić information content (AvgIpc) is 3.25. The van der Waals surface area contributed by atoms with E-state index in [4.69, 9.17) is 4.52 Å². The fourth-order valence-corrected chi connectivity index (χ4v) is 3.82. The van der Waals surface area contributed by atoms with Crippen molar-refractivity contribution in [2.24, 2.45) is 0 Å². The van der Waals surface area contributed by atoms with Crippen LogP contribution in [0, 0.1) is 12.7 Å². The Morgan fingerprint density at radius 1 is 1.27 bits per heavy atom. The van der Waals surface area contributed by atoms with Crippen molar-refractivity contribution in [3.05, 3.63) is 65.8 Å². The van der Waals surface area contributed by atoms with Gasteiger partial charge in [0.1, 0.15) is 5.82 Å². The van der Waals surface area contributed by atoms with Gasteiger partial charge in [-0.15, -0.1) is 0 Å². The molecule has 1 amide bonds. The standard InChI is InChI=1S/C23H25FN4O2/c1-15-7-3-4-11-20(15)25-22(29)16(2)28-12-6-9-18(14-28)23-26-21(27-30-23)17-8-5-10-19(24)13-17/h3-5,7-8,10-11,13,16,18H,6,9,12,14H2,1-2H3,(H,25,29). The predicted molar refractivity (Wildman–Crippen MR) is 113 cm³/mol. The van der Waals surface area contributed by atoms with Gasteiger partial charge in [0.15, 0.2) is 0 Å². The second-order valence-corrected chi connectivity index (χ2v) is 7.78. The van der Waals surface area contributed by atoms with E-state index < -0.39 is 0 Å². The number of hydrogen-bond donors (Lipinski definition) is 1. The van der Waals surface area contributed by atoms with E-state index in [1.54, 1.807) is 12.1 Å². The molecule has 30 heavy (non-hydrogen) atoms. The van der Waals surface area contributed by atoms with Gasteiger partial charge in [-0.25, -0.2) is 4.39 Å². The Morgan fingerprint density at radius 3 is 2.90 bits per heavy atom. The number of piperidine rings is 1. The van der Waals surface area contributed by atoms with E-state index in [0.717, 1.165) is 30.6 Å². The molecule has 0 aliphatic carbocycles. The summed E-state index contributed by atoms with van der Waals surface area (Å²) in [6.45, 7) is 5.39. The summed E-state index contributed by atoms with van der Waals surface area (Å²) in [6, 6.07) is 13.6. The van der Waals surface area contributed by atoms with Crippen LogP contribution in [0.25, 0.3) is 11.4 Å². The number of carbonyl (C=O) groups excluding carboxylic acids is 1. The molecule has 7 heteroatoms. The average molecular weight is 408 g/mol. The maximum Gasteiger partial charge on any atom is 0.241 e. The highest BCUT2D eigenvalue weighted by molar-refractivity contribution is 5.95. The molecule has 0 bridgehead atoms. The summed E-state index contributed by atoms with van der Waals surface area (Å²) in [7, 11) is 0. The number of aromatic nitrogens is 2. The molecule has 1 fully saturated rings. The zero-order valence-electron chi connectivity index (χ0n) is 17.1. The third-order valence-electron chi connectivity index (χ3n) is 5.66. The fraction of sp³-hybridized carbons (Fsp3) is 0.348. The Labute approximate surface area is 175 Å². The van der Waals surface area contributed by atoms with Crippen molar-refractivity contribution in [2.45, 2.75) is 38.6 Å². The minimum absolute atomic E-state index is 0.0315. The van der Waals surface area contributed by atoms with Crippen LogP contribution in [-0.2, 0) is 4.79 Å². The third kappa shape index (κ3) is 4.41. The molecular weight excluding hydrogens is 383 g/mol. The van der Waals surface area contributed by atoms with Gasteiger partial charge in [-0.2, -0.15) is 4.98 Å². The van der Waals surface area contributed by atoms with Gasteiger partial charge in [0, 0.05) is 17.8 Å². The zero-order chi connectivity index (χ0) is 21.1. The van der Waals surface area contributed by atoms with E-state index in [0.29, 0.717) is 23.8 Å². The van der Waals surface area contributed by atoms with Gasteiger partial charge in [-0.3, -0.25) is 9.69 Å². The molecule has 2 heterocycles. The Morgan fingerprint density at radius 2 is 2.10 bits per heavy atom. The van der Waals surface area contributed by atoms with Crippen LogP contribution in [0.1, 0.15) is 37.1 Å². The molecule has 2 aromatic carbocycles. The highest BCUT2D eigenvalue weighted by Crippen LogP contribution is 2.29. The monoisotopic (exact) mass is 408 g/mol. The van der Waals surface area contributed by atoms with E-state index in [1.165, 1.54) is 12.1 Å². The van der Waals surface area contributed by atoms with Crippen LogP contribution >= 0.6 is 0 Å². The van der Waals surface area contributed by atoms with Crippen molar-refractivity contribution in [1.82, 2.24) is 15.0 Å². The van der Waals surface area contributed by atoms with Gasteiger partial charge >= 0.3 is 0 Å². The number of para-hydroxylation sites is 1. The molecule has 0 radical (unpaired) electrons. The number of carbonyl (C=O) groups is 1. The van der Waals surface area contributed by atoms with Gasteiger partial charge in [0.2, 0.25) is 17.6 Å². The second kappa shape index (κ2) is 8.75. The van der Waals surface area contributed by atoms with Crippen LogP contribution in [0.4, 0.5) is 10.1 Å². The number of anilines is 1. The molecule has 2 unspecified atom stereocenters. The van der Waals surface area contributed by atoms with Gasteiger partial charge in [0.05, 0.1) is 12.0 Å². The number of aryl methyl sites for hydroxylation is 1. The number of halogens is 1. The number of hydrogen-bond acceptors (Lipinski definition) is 5. The SMILES string of the molecule is Cc1ccccc1NC(=O)C(C)N1CCCC(c2nc(-c3cccc(F)c3)no2)C1. The molecule has 156 valence electrons. The van der Waals surface area contributed by atoms with E-state index in [9.17, 15) is 9.18 Å². The molecule has 4 rings (SSSR count). The van der Waals surface area contributed by atoms with Crippen molar-refractivity contribution < 1.29 is 13.7 Å². The molecule has 3 aromatic rings. The van der Waals surface area contributed by atoms with E-state index >= 15 is 0 Å². The Balaban J connectivity index is 1.43. The predicted octanol–water partition coefficient (Wildman–Crippen LogP) is 4.39. The van der Waals surface area contributed by atoms with Crippen molar-refractivity contribution in [2.75, 3.05) is 18.4 Å². The van der Waals surface area contributed by atoms with Crippen LogP contribution in [0.15, 0.2) is 53.1 Å². The van der Waals surface area contributed by atoms with Gasteiger partial charge < -0.3 is 9.84 Å². The first-order valence-electron chi connectivity index (χ1n) is 10.2. The van der Waals surface area contributed by atoms with Crippen molar-refractivity contribution in [3.63, 3.8) is 0 Å². The van der Waals surface area contributed by atoms with Crippen LogP contribution in [0.2, 0.25) is 0 Å².